The Morgan fingerprint density at radius 3 is 2.61 bits per heavy atom. The number of nitrogens with zero attached hydrogens (tertiary/aromatic N) is 4. The molecule has 5 heteroatoms. The molecule has 2 rings (SSSR count). The Morgan fingerprint density at radius 1 is 1.33 bits per heavy atom. The second-order valence-corrected chi connectivity index (χ2v) is 4.46. The molecule has 0 aliphatic heterocycles. The fraction of sp³-hybridized carbons (Fsp3) is 0.538. The van der Waals surface area contributed by atoms with Gasteiger partial charge in [0.25, 0.3) is 0 Å². The summed E-state index contributed by atoms with van der Waals surface area (Å²) in [7, 11) is 1.95. The Kier molecular flexibility index (Phi) is 3.81. The average molecular weight is 247 g/mol. The molecule has 5 nitrogen and oxygen atoms in total. The first-order chi connectivity index (χ1) is 8.65. The molecular weight excluding hydrogens is 226 g/mol. The smallest absolute Gasteiger partial charge is 0.0644 e. The van der Waals surface area contributed by atoms with Gasteiger partial charge in [0.15, 0.2) is 0 Å². The number of rotatable bonds is 5. The predicted octanol–water partition coefficient (Wildman–Crippen LogP) is 1.64. The van der Waals surface area contributed by atoms with Crippen LogP contribution in [0.5, 0.6) is 0 Å². The summed E-state index contributed by atoms with van der Waals surface area (Å²) >= 11 is 0. The Hall–Kier alpha value is -1.62. The molecule has 2 aromatic rings. The van der Waals surface area contributed by atoms with Gasteiger partial charge in [0, 0.05) is 37.1 Å². The number of hydrogen-bond acceptors (Lipinski definition) is 3. The lowest BCUT2D eigenvalue weighted by Crippen LogP contribution is -2.22. The summed E-state index contributed by atoms with van der Waals surface area (Å²) in [4.78, 5) is 0. The van der Waals surface area contributed by atoms with Crippen LogP contribution >= 0.6 is 0 Å². The van der Waals surface area contributed by atoms with E-state index >= 15 is 0 Å². The minimum Gasteiger partial charge on any atom is -0.306 e. The van der Waals surface area contributed by atoms with Crippen molar-refractivity contribution in [3.05, 3.63) is 35.4 Å². The highest BCUT2D eigenvalue weighted by Crippen LogP contribution is 2.23. The van der Waals surface area contributed by atoms with Gasteiger partial charge in [-0.25, -0.2) is 0 Å². The molecule has 2 heterocycles. The van der Waals surface area contributed by atoms with Crippen molar-refractivity contribution in [3.8, 4) is 0 Å². The van der Waals surface area contributed by atoms with Gasteiger partial charge in [-0.05, 0) is 20.4 Å². The van der Waals surface area contributed by atoms with E-state index in [0.717, 1.165) is 18.8 Å². The highest BCUT2D eigenvalue weighted by atomic mass is 15.3. The molecule has 0 saturated heterocycles. The van der Waals surface area contributed by atoms with Gasteiger partial charge in [-0.15, -0.1) is 0 Å². The maximum Gasteiger partial charge on any atom is 0.0644 e. The lowest BCUT2D eigenvalue weighted by atomic mass is 10.0. The molecular formula is C13H21N5. The summed E-state index contributed by atoms with van der Waals surface area (Å²) in [5, 5.41) is 12.3. The van der Waals surface area contributed by atoms with Crippen molar-refractivity contribution in [2.75, 3.05) is 6.54 Å². The van der Waals surface area contributed by atoms with Crippen molar-refractivity contribution in [1.29, 1.82) is 0 Å². The second-order valence-electron chi connectivity index (χ2n) is 4.46. The zero-order valence-electron chi connectivity index (χ0n) is 11.5. The van der Waals surface area contributed by atoms with Crippen LogP contribution in [-0.2, 0) is 13.6 Å². The maximum atomic E-state index is 4.42. The summed E-state index contributed by atoms with van der Waals surface area (Å²) in [6.45, 7) is 8.06. The predicted molar refractivity (Wildman–Crippen MR) is 71.4 cm³/mol. The molecule has 0 bridgehead atoms. The largest absolute Gasteiger partial charge is 0.306 e. The van der Waals surface area contributed by atoms with Crippen molar-refractivity contribution in [1.82, 2.24) is 24.9 Å². The standard InChI is InChI=1S/C13H21N5/c1-5-14-13(11-7-15-18(6-2)8-11)12-9-17(4)16-10(12)3/h7-9,13-14H,5-6H2,1-4H3. The van der Waals surface area contributed by atoms with Gasteiger partial charge in [0.2, 0.25) is 0 Å². The van der Waals surface area contributed by atoms with E-state index in [2.05, 4.69) is 41.8 Å². The van der Waals surface area contributed by atoms with E-state index in [4.69, 9.17) is 0 Å². The third kappa shape index (κ3) is 2.46. The van der Waals surface area contributed by atoms with Crippen molar-refractivity contribution in [2.24, 2.45) is 7.05 Å². The summed E-state index contributed by atoms with van der Waals surface area (Å²) in [5.74, 6) is 0. The first kappa shape index (κ1) is 12.8. The Bertz CT molecular complexity index is 511. The third-order valence-corrected chi connectivity index (χ3v) is 3.08. The fourth-order valence-corrected chi connectivity index (χ4v) is 2.21. The quantitative estimate of drug-likeness (QED) is 0.874. The van der Waals surface area contributed by atoms with Crippen LogP contribution in [0.25, 0.3) is 0 Å². The molecule has 0 aliphatic rings. The second kappa shape index (κ2) is 5.35. The highest BCUT2D eigenvalue weighted by molar-refractivity contribution is 5.30. The molecule has 0 spiro atoms. The van der Waals surface area contributed by atoms with Crippen LogP contribution in [0.1, 0.15) is 36.7 Å². The first-order valence-corrected chi connectivity index (χ1v) is 6.41. The molecule has 0 saturated carbocycles. The van der Waals surface area contributed by atoms with Crippen molar-refractivity contribution in [3.63, 3.8) is 0 Å². The number of nitrogens with one attached hydrogen (secondary N) is 1. The van der Waals surface area contributed by atoms with Crippen molar-refractivity contribution < 1.29 is 0 Å². The third-order valence-electron chi connectivity index (χ3n) is 3.08. The minimum atomic E-state index is 0.170. The lowest BCUT2D eigenvalue weighted by molar-refractivity contribution is 0.622. The summed E-state index contributed by atoms with van der Waals surface area (Å²) in [6.07, 6.45) is 6.11. The first-order valence-electron chi connectivity index (χ1n) is 6.41. The Balaban J connectivity index is 2.36. The maximum absolute atomic E-state index is 4.42. The molecule has 1 atom stereocenters. The molecule has 0 amide bonds. The Labute approximate surface area is 108 Å². The van der Waals surface area contributed by atoms with E-state index in [9.17, 15) is 0 Å². The number of aryl methyl sites for hydroxylation is 3. The SMILES string of the molecule is CCNC(c1cnn(CC)c1)c1cn(C)nc1C. The fourth-order valence-electron chi connectivity index (χ4n) is 2.21. The molecule has 1 N–H and O–H groups in total. The van der Waals surface area contributed by atoms with Crippen molar-refractivity contribution in [2.45, 2.75) is 33.4 Å². The van der Waals surface area contributed by atoms with E-state index in [1.807, 2.05) is 29.5 Å². The van der Waals surface area contributed by atoms with Crippen LogP contribution in [0.4, 0.5) is 0 Å². The zero-order valence-corrected chi connectivity index (χ0v) is 11.5. The van der Waals surface area contributed by atoms with Crippen LogP contribution in [0, 0.1) is 6.92 Å². The van der Waals surface area contributed by atoms with Gasteiger partial charge < -0.3 is 5.32 Å². The topological polar surface area (TPSA) is 47.7 Å². The highest BCUT2D eigenvalue weighted by Gasteiger charge is 2.19. The molecule has 98 valence electrons. The number of hydrogen-bond donors (Lipinski definition) is 1. The Morgan fingerprint density at radius 2 is 2.11 bits per heavy atom. The van der Waals surface area contributed by atoms with Gasteiger partial charge in [-0.3, -0.25) is 9.36 Å². The normalized spacial score (nSPS) is 12.9. The van der Waals surface area contributed by atoms with Gasteiger partial charge in [-0.1, -0.05) is 6.92 Å². The van der Waals surface area contributed by atoms with Gasteiger partial charge in [-0.2, -0.15) is 10.2 Å². The number of aromatic nitrogens is 4. The molecule has 0 radical (unpaired) electrons. The molecule has 0 fully saturated rings. The summed E-state index contributed by atoms with van der Waals surface area (Å²) in [6, 6.07) is 0.170. The van der Waals surface area contributed by atoms with E-state index in [0.29, 0.717) is 0 Å². The molecule has 0 aliphatic carbocycles. The van der Waals surface area contributed by atoms with Gasteiger partial charge >= 0.3 is 0 Å². The van der Waals surface area contributed by atoms with E-state index < -0.39 is 0 Å². The zero-order chi connectivity index (χ0) is 13.1. The summed E-state index contributed by atoms with van der Waals surface area (Å²) < 4.78 is 3.81. The monoisotopic (exact) mass is 247 g/mol. The van der Waals surface area contributed by atoms with Crippen LogP contribution in [0.3, 0.4) is 0 Å². The van der Waals surface area contributed by atoms with Gasteiger partial charge in [0.1, 0.15) is 0 Å². The van der Waals surface area contributed by atoms with E-state index in [-0.39, 0.29) is 6.04 Å². The van der Waals surface area contributed by atoms with E-state index in [1.165, 1.54) is 11.1 Å². The van der Waals surface area contributed by atoms with Gasteiger partial charge in [0.05, 0.1) is 17.9 Å². The van der Waals surface area contributed by atoms with Crippen LogP contribution in [-0.4, -0.2) is 26.1 Å². The lowest BCUT2D eigenvalue weighted by Gasteiger charge is -2.15. The van der Waals surface area contributed by atoms with Crippen molar-refractivity contribution >= 4 is 0 Å². The minimum absolute atomic E-state index is 0.170. The van der Waals surface area contributed by atoms with E-state index in [1.54, 1.807) is 0 Å². The molecule has 1 unspecified atom stereocenters. The van der Waals surface area contributed by atoms with Crippen LogP contribution in [0.2, 0.25) is 0 Å². The summed E-state index contributed by atoms with van der Waals surface area (Å²) in [5.41, 5.74) is 3.47. The van der Waals surface area contributed by atoms with Crippen LogP contribution < -0.4 is 5.32 Å². The molecule has 2 aromatic heterocycles. The molecule has 18 heavy (non-hydrogen) atoms. The average Bonchev–Trinajstić information content (AvgIpc) is 2.93. The molecule has 0 aromatic carbocycles. The van der Waals surface area contributed by atoms with Crippen LogP contribution in [0.15, 0.2) is 18.6 Å².